The minimum absolute atomic E-state index is 0.143. The lowest BCUT2D eigenvalue weighted by molar-refractivity contribution is 0.102. The maximum absolute atomic E-state index is 12.4. The van der Waals surface area contributed by atoms with Crippen LogP contribution in [0.4, 0.5) is 11.4 Å². The highest BCUT2D eigenvalue weighted by molar-refractivity contribution is 6.13. The number of H-pyrrole nitrogens is 1. The van der Waals surface area contributed by atoms with Crippen LogP contribution < -0.4 is 11.1 Å². The van der Waals surface area contributed by atoms with E-state index in [1.54, 1.807) is 12.3 Å². The molecule has 106 valence electrons. The van der Waals surface area contributed by atoms with Crippen molar-refractivity contribution in [3.8, 4) is 0 Å². The van der Waals surface area contributed by atoms with Gasteiger partial charge in [0.25, 0.3) is 5.91 Å². The van der Waals surface area contributed by atoms with Crippen molar-refractivity contribution in [3.05, 3.63) is 59.8 Å². The van der Waals surface area contributed by atoms with Crippen molar-refractivity contribution in [2.45, 2.75) is 13.3 Å². The van der Waals surface area contributed by atoms with E-state index in [4.69, 9.17) is 5.73 Å². The fourth-order valence-corrected chi connectivity index (χ4v) is 2.35. The highest BCUT2D eigenvalue weighted by atomic mass is 16.1. The summed E-state index contributed by atoms with van der Waals surface area (Å²) in [5.41, 5.74) is 9.96. The molecule has 4 heteroatoms. The molecule has 1 aromatic heterocycles. The van der Waals surface area contributed by atoms with Crippen LogP contribution >= 0.6 is 0 Å². The number of nitrogens with two attached hydrogens (primary N) is 1. The van der Waals surface area contributed by atoms with Crippen LogP contribution in [0.2, 0.25) is 0 Å². The number of nitrogens with one attached hydrogen (secondary N) is 2. The number of fused-ring (bicyclic) bond motifs is 1. The van der Waals surface area contributed by atoms with Crippen LogP contribution in [-0.2, 0) is 6.42 Å². The standard InChI is InChI=1S/C17H17N3O/c1-2-11-3-6-13(7-4-11)20-17(21)15-10-19-16-8-5-12(18)9-14(15)16/h3-10,19H,2,18H2,1H3,(H,20,21). The second-order valence-electron chi connectivity index (χ2n) is 5.01. The van der Waals surface area contributed by atoms with Crippen LogP contribution in [0.5, 0.6) is 0 Å². The van der Waals surface area contributed by atoms with Gasteiger partial charge in [0.05, 0.1) is 5.56 Å². The minimum Gasteiger partial charge on any atom is -0.399 e. The van der Waals surface area contributed by atoms with Gasteiger partial charge < -0.3 is 16.0 Å². The Labute approximate surface area is 123 Å². The van der Waals surface area contributed by atoms with Gasteiger partial charge in [-0.25, -0.2) is 0 Å². The zero-order chi connectivity index (χ0) is 14.8. The Balaban J connectivity index is 1.87. The first-order chi connectivity index (χ1) is 10.2. The third kappa shape index (κ3) is 2.60. The summed E-state index contributed by atoms with van der Waals surface area (Å²) in [5, 5.41) is 3.74. The number of nitrogen functional groups attached to an aromatic ring is 1. The lowest BCUT2D eigenvalue weighted by Crippen LogP contribution is -2.11. The van der Waals surface area contributed by atoms with Crippen LogP contribution in [0.15, 0.2) is 48.7 Å². The van der Waals surface area contributed by atoms with Crippen molar-refractivity contribution < 1.29 is 4.79 Å². The summed E-state index contributed by atoms with van der Waals surface area (Å²) in [7, 11) is 0. The molecule has 3 aromatic rings. The Bertz CT molecular complexity index is 787. The van der Waals surface area contributed by atoms with Gasteiger partial charge in [-0.1, -0.05) is 19.1 Å². The molecule has 4 nitrogen and oxygen atoms in total. The molecule has 1 heterocycles. The van der Waals surface area contributed by atoms with Gasteiger partial charge in [-0.3, -0.25) is 4.79 Å². The summed E-state index contributed by atoms with van der Waals surface area (Å²) in [4.78, 5) is 15.5. The van der Waals surface area contributed by atoms with Gasteiger partial charge in [-0.15, -0.1) is 0 Å². The number of carbonyl (C=O) groups excluding carboxylic acids is 1. The average molecular weight is 279 g/mol. The smallest absolute Gasteiger partial charge is 0.257 e. The number of aromatic amines is 1. The highest BCUT2D eigenvalue weighted by Gasteiger charge is 2.12. The molecule has 0 unspecified atom stereocenters. The summed E-state index contributed by atoms with van der Waals surface area (Å²) in [5.74, 6) is -0.143. The molecular formula is C17H17N3O. The Kier molecular flexibility index (Phi) is 3.36. The maximum atomic E-state index is 12.4. The first-order valence-corrected chi connectivity index (χ1v) is 6.94. The van der Waals surface area contributed by atoms with Gasteiger partial charge in [0.15, 0.2) is 0 Å². The van der Waals surface area contributed by atoms with Gasteiger partial charge in [-0.2, -0.15) is 0 Å². The summed E-state index contributed by atoms with van der Waals surface area (Å²) >= 11 is 0. The number of hydrogen-bond acceptors (Lipinski definition) is 2. The second-order valence-corrected chi connectivity index (χ2v) is 5.01. The van der Waals surface area contributed by atoms with E-state index in [1.807, 2.05) is 36.4 Å². The molecule has 0 saturated heterocycles. The molecule has 0 spiro atoms. The molecule has 2 aromatic carbocycles. The highest BCUT2D eigenvalue weighted by Crippen LogP contribution is 2.22. The van der Waals surface area contributed by atoms with Crippen LogP contribution in [0.3, 0.4) is 0 Å². The molecule has 1 amide bonds. The van der Waals surface area contributed by atoms with Crippen LogP contribution in [0.1, 0.15) is 22.8 Å². The van der Waals surface area contributed by atoms with Crippen LogP contribution in [-0.4, -0.2) is 10.9 Å². The van der Waals surface area contributed by atoms with E-state index in [-0.39, 0.29) is 5.91 Å². The van der Waals surface area contributed by atoms with Gasteiger partial charge in [0.1, 0.15) is 0 Å². The van der Waals surface area contributed by atoms with Crippen molar-refractivity contribution in [3.63, 3.8) is 0 Å². The van der Waals surface area contributed by atoms with E-state index in [0.29, 0.717) is 11.3 Å². The summed E-state index contributed by atoms with van der Waals surface area (Å²) in [6, 6.07) is 13.4. The minimum atomic E-state index is -0.143. The van der Waals surface area contributed by atoms with Crippen molar-refractivity contribution in [1.82, 2.24) is 4.98 Å². The first-order valence-electron chi connectivity index (χ1n) is 6.94. The van der Waals surface area contributed by atoms with Gasteiger partial charge in [-0.05, 0) is 42.3 Å². The molecule has 0 fully saturated rings. The van der Waals surface area contributed by atoms with E-state index < -0.39 is 0 Å². The molecule has 0 aliphatic rings. The van der Waals surface area contributed by atoms with Crippen molar-refractivity contribution in [2.24, 2.45) is 0 Å². The number of carbonyl (C=O) groups is 1. The van der Waals surface area contributed by atoms with Crippen LogP contribution in [0.25, 0.3) is 10.9 Å². The zero-order valence-electron chi connectivity index (χ0n) is 11.8. The predicted octanol–water partition coefficient (Wildman–Crippen LogP) is 3.56. The number of anilines is 2. The maximum Gasteiger partial charge on any atom is 0.257 e. The lowest BCUT2D eigenvalue weighted by Gasteiger charge is -2.05. The third-order valence-corrected chi connectivity index (χ3v) is 3.57. The SMILES string of the molecule is CCc1ccc(NC(=O)c2c[nH]c3ccc(N)cc23)cc1. The quantitative estimate of drug-likeness (QED) is 0.641. The molecule has 21 heavy (non-hydrogen) atoms. The molecule has 0 bridgehead atoms. The Morgan fingerprint density at radius 1 is 1.19 bits per heavy atom. The largest absolute Gasteiger partial charge is 0.399 e. The molecule has 0 aliphatic heterocycles. The second kappa shape index (κ2) is 5.32. The van der Waals surface area contributed by atoms with Gasteiger partial charge >= 0.3 is 0 Å². The van der Waals surface area contributed by atoms with E-state index in [1.165, 1.54) is 5.56 Å². The molecule has 3 rings (SSSR count). The summed E-state index contributed by atoms with van der Waals surface area (Å²) in [6.45, 7) is 2.10. The normalized spacial score (nSPS) is 10.7. The fourth-order valence-electron chi connectivity index (χ4n) is 2.35. The Hall–Kier alpha value is -2.75. The van der Waals surface area contributed by atoms with E-state index in [2.05, 4.69) is 17.2 Å². The molecule has 0 atom stereocenters. The van der Waals surface area contributed by atoms with Crippen molar-refractivity contribution in [1.29, 1.82) is 0 Å². The zero-order valence-corrected chi connectivity index (χ0v) is 11.8. The van der Waals surface area contributed by atoms with Crippen LogP contribution in [0, 0.1) is 0 Å². The Morgan fingerprint density at radius 2 is 1.95 bits per heavy atom. The van der Waals surface area contributed by atoms with Gasteiger partial charge in [0, 0.05) is 28.5 Å². The Morgan fingerprint density at radius 3 is 2.67 bits per heavy atom. The van der Waals surface area contributed by atoms with E-state index >= 15 is 0 Å². The van der Waals surface area contributed by atoms with Crippen molar-refractivity contribution in [2.75, 3.05) is 11.1 Å². The summed E-state index contributed by atoms with van der Waals surface area (Å²) < 4.78 is 0. The predicted molar refractivity (Wildman–Crippen MR) is 86.5 cm³/mol. The third-order valence-electron chi connectivity index (χ3n) is 3.57. The van der Waals surface area contributed by atoms with Gasteiger partial charge in [0.2, 0.25) is 0 Å². The molecule has 0 aliphatic carbocycles. The average Bonchev–Trinajstić information content (AvgIpc) is 2.91. The number of aromatic nitrogens is 1. The monoisotopic (exact) mass is 279 g/mol. The topological polar surface area (TPSA) is 70.9 Å². The number of hydrogen-bond donors (Lipinski definition) is 3. The number of rotatable bonds is 3. The number of benzene rings is 2. The molecular weight excluding hydrogens is 262 g/mol. The summed E-state index contributed by atoms with van der Waals surface area (Å²) in [6.07, 6.45) is 2.69. The molecule has 4 N–H and O–H groups in total. The first kappa shape index (κ1) is 13.2. The number of amides is 1. The number of aryl methyl sites for hydroxylation is 1. The fraction of sp³-hybridized carbons (Fsp3) is 0.118. The molecule has 0 radical (unpaired) electrons. The lowest BCUT2D eigenvalue weighted by atomic mass is 10.1. The molecule has 0 saturated carbocycles. The van der Waals surface area contributed by atoms with E-state index in [0.717, 1.165) is 23.0 Å². The van der Waals surface area contributed by atoms with Crippen molar-refractivity contribution >= 4 is 28.2 Å². The van der Waals surface area contributed by atoms with E-state index in [9.17, 15) is 4.79 Å².